The quantitative estimate of drug-likeness (QED) is 0.212. The molecule has 8 heteroatoms. The fraction of sp³-hybridized carbons (Fsp3) is 0.208. The fourth-order valence-electron chi connectivity index (χ4n) is 3.72. The first-order chi connectivity index (χ1) is 15.6. The lowest BCUT2D eigenvalue weighted by Gasteiger charge is -2.06. The predicted molar refractivity (Wildman–Crippen MR) is 125 cm³/mol. The first-order valence-corrected chi connectivity index (χ1v) is 11.4. The normalized spacial score (nSPS) is 11.4. The Bertz CT molecular complexity index is 1420. The van der Waals surface area contributed by atoms with E-state index in [0.29, 0.717) is 23.7 Å². The molecule has 0 spiro atoms. The topological polar surface area (TPSA) is 78.0 Å². The Balaban J connectivity index is 1.46. The van der Waals surface area contributed by atoms with Crippen LogP contribution in [-0.2, 0) is 13.0 Å². The second kappa shape index (κ2) is 8.55. The SMILES string of the molecule is Cc1cc(C)n(CCc2nc3c4ccccc4nc(SCC(=O)c4ccccc4)n3n2)n1. The number of fused-ring (bicyclic) bond motifs is 3. The van der Waals surface area contributed by atoms with Crippen LogP contribution >= 0.6 is 11.8 Å². The van der Waals surface area contributed by atoms with Crippen molar-refractivity contribution in [3.63, 3.8) is 0 Å². The van der Waals surface area contributed by atoms with Gasteiger partial charge in [-0.2, -0.15) is 9.61 Å². The van der Waals surface area contributed by atoms with E-state index >= 15 is 0 Å². The van der Waals surface area contributed by atoms with Gasteiger partial charge in [-0.25, -0.2) is 9.97 Å². The molecule has 0 fully saturated rings. The molecule has 160 valence electrons. The molecular weight excluding hydrogens is 420 g/mol. The summed E-state index contributed by atoms with van der Waals surface area (Å²) < 4.78 is 3.74. The van der Waals surface area contributed by atoms with Crippen molar-refractivity contribution in [1.29, 1.82) is 0 Å². The minimum atomic E-state index is 0.0589. The molecule has 0 bridgehead atoms. The monoisotopic (exact) mass is 442 g/mol. The molecule has 0 atom stereocenters. The van der Waals surface area contributed by atoms with E-state index in [4.69, 9.17) is 15.1 Å². The second-order valence-corrected chi connectivity index (χ2v) is 8.60. The second-order valence-electron chi connectivity index (χ2n) is 7.65. The van der Waals surface area contributed by atoms with Crippen LogP contribution in [0.1, 0.15) is 27.6 Å². The first kappa shape index (κ1) is 20.4. The third kappa shape index (κ3) is 4.01. The van der Waals surface area contributed by atoms with E-state index in [1.807, 2.05) is 73.1 Å². The zero-order valence-electron chi connectivity index (χ0n) is 17.9. The van der Waals surface area contributed by atoms with Gasteiger partial charge in [0.05, 0.1) is 17.0 Å². The van der Waals surface area contributed by atoms with Crippen molar-refractivity contribution in [2.24, 2.45) is 0 Å². The number of aromatic nitrogens is 6. The molecule has 3 heterocycles. The molecule has 0 amide bonds. The maximum atomic E-state index is 12.6. The van der Waals surface area contributed by atoms with Gasteiger partial charge in [-0.3, -0.25) is 9.48 Å². The average Bonchev–Trinajstić information content (AvgIpc) is 3.39. The summed E-state index contributed by atoms with van der Waals surface area (Å²) in [5.74, 6) is 1.07. The summed E-state index contributed by atoms with van der Waals surface area (Å²) in [6, 6.07) is 19.3. The Morgan fingerprint density at radius 2 is 1.75 bits per heavy atom. The van der Waals surface area contributed by atoms with E-state index in [1.165, 1.54) is 11.8 Å². The molecule has 0 saturated heterocycles. The Morgan fingerprint density at radius 1 is 0.969 bits per heavy atom. The van der Waals surface area contributed by atoms with Crippen LogP contribution in [0.15, 0.2) is 65.8 Å². The maximum Gasteiger partial charge on any atom is 0.192 e. The Labute approximate surface area is 189 Å². The lowest BCUT2D eigenvalue weighted by molar-refractivity contribution is 0.102. The molecule has 0 aliphatic carbocycles. The van der Waals surface area contributed by atoms with E-state index < -0.39 is 0 Å². The summed E-state index contributed by atoms with van der Waals surface area (Å²) >= 11 is 1.38. The molecule has 7 nitrogen and oxygen atoms in total. The van der Waals surface area contributed by atoms with Gasteiger partial charge in [0.25, 0.3) is 0 Å². The van der Waals surface area contributed by atoms with E-state index in [-0.39, 0.29) is 11.5 Å². The number of nitrogens with zero attached hydrogens (tertiary/aromatic N) is 6. The Kier molecular flexibility index (Phi) is 5.45. The van der Waals surface area contributed by atoms with E-state index in [9.17, 15) is 4.79 Å². The van der Waals surface area contributed by atoms with Gasteiger partial charge in [0.15, 0.2) is 22.4 Å². The molecule has 0 radical (unpaired) electrons. The smallest absolute Gasteiger partial charge is 0.192 e. The van der Waals surface area contributed by atoms with Gasteiger partial charge in [0.2, 0.25) is 0 Å². The van der Waals surface area contributed by atoms with Gasteiger partial charge in [-0.15, -0.1) is 5.10 Å². The number of carbonyl (C=O) groups excluding carboxylic acids is 1. The minimum Gasteiger partial charge on any atom is -0.293 e. The number of ketones is 1. The van der Waals surface area contributed by atoms with Gasteiger partial charge in [0.1, 0.15) is 0 Å². The highest BCUT2D eigenvalue weighted by molar-refractivity contribution is 7.99. The number of hydrogen-bond acceptors (Lipinski definition) is 6. The number of Topliss-reactive ketones (excluding diaryl/α,β-unsaturated/α-hetero) is 1. The van der Waals surface area contributed by atoms with Gasteiger partial charge < -0.3 is 0 Å². The number of aryl methyl sites for hydroxylation is 4. The molecule has 0 unspecified atom stereocenters. The summed E-state index contributed by atoms with van der Waals surface area (Å²) in [5.41, 5.74) is 4.42. The van der Waals surface area contributed by atoms with Crippen LogP contribution < -0.4 is 0 Å². The molecule has 0 aliphatic heterocycles. The van der Waals surface area contributed by atoms with Gasteiger partial charge >= 0.3 is 0 Å². The molecule has 32 heavy (non-hydrogen) atoms. The summed E-state index contributed by atoms with van der Waals surface area (Å²) in [6.45, 7) is 4.74. The molecule has 5 aromatic rings. The third-order valence-corrected chi connectivity index (χ3v) is 6.20. The highest BCUT2D eigenvalue weighted by atomic mass is 32.2. The molecule has 3 aromatic heterocycles. The van der Waals surface area contributed by atoms with E-state index in [0.717, 1.165) is 33.8 Å². The number of para-hydroxylation sites is 1. The fourth-order valence-corrected chi connectivity index (χ4v) is 4.56. The number of hydrogen-bond donors (Lipinski definition) is 0. The third-order valence-electron chi connectivity index (χ3n) is 5.27. The molecule has 2 aromatic carbocycles. The summed E-state index contributed by atoms with van der Waals surface area (Å²) in [4.78, 5) is 22.2. The largest absolute Gasteiger partial charge is 0.293 e. The van der Waals surface area contributed by atoms with E-state index in [1.54, 1.807) is 4.52 Å². The highest BCUT2D eigenvalue weighted by Gasteiger charge is 2.16. The summed E-state index contributed by atoms with van der Waals surface area (Å²) in [5, 5.41) is 10.9. The van der Waals surface area contributed by atoms with Gasteiger partial charge in [0, 0.05) is 29.6 Å². The van der Waals surface area contributed by atoms with Crippen LogP contribution in [0.2, 0.25) is 0 Å². The summed E-state index contributed by atoms with van der Waals surface area (Å²) in [7, 11) is 0. The number of benzene rings is 2. The van der Waals surface area contributed by atoms with Crippen LogP contribution in [0.25, 0.3) is 16.6 Å². The molecule has 0 aliphatic rings. The standard InChI is InChI=1S/C24H22N6OS/c1-16-14-17(2)29(27-16)13-12-22-26-23-19-10-6-7-11-20(19)25-24(30(23)28-22)32-15-21(31)18-8-4-3-5-9-18/h3-11,14H,12-13,15H2,1-2H3. The lowest BCUT2D eigenvalue weighted by atomic mass is 10.2. The van der Waals surface area contributed by atoms with Crippen molar-refractivity contribution < 1.29 is 4.79 Å². The highest BCUT2D eigenvalue weighted by Crippen LogP contribution is 2.24. The molecule has 0 N–H and O–H groups in total. The van der Waals surface area contributed by atoms with Crippen LogP contribution in [-0.4, -0.2) is 40.9 Å². The van der Waals surface area contributed by atoms with Gasteiger partial charge in [-0.1, -0.05) is 54.2 Å². The maximum absolute atomic E-state index is 12.6. The first-order valence-electron chi connectivity index (χ1n) is 10.4. The zero-order valence-corrected chi connectivity index (χ0v) is 18.7. The molecule has 0 saturated carbocycles. The van der Waals surface area contributed by atoms with Crippen molar-refractivity contribution in [2.75, 3.05) is 5.75 Å². The predicted octanol–water partition coefficient (Wildman–Crippen LogP) is 4.31. The average molecular weight is 443 g/mol. The Morgan fingerprint density at radius 3 is 2.53 bits per heavy atom. The Hall–Kier alpha value is -3.52. The van der Waals surface area contributed by atoms with Crippen LogP contribution in [0, 0.1) is 13.8 Å². The number of rotatable bonds is 7. The van der Waals surface area contributed by atoms with Crippen molar-refractivity contribution in [2.45, 2.75) is 32.0 Å². The molecule has 5 rings (SSSR count). The van der Waals surface area contributed by atoms with Crippen LogP contribution in [0.5, 0.6) is 0 Å². The van der Waals surface area contributed by atoms with Crippen LogP contribution in [0.4, 0.5) is 0 Å². The van der Waals surface area contributed by atoms with Gasteiger partial charge in [-0.05, 0) is 32.0 Å². The van der Waals surface area contributed by atoms with Crippen molar-refractivity contribution in [3.8, 4) is 0 Å². The lowest BCUT2D eigenvalue weighted by Crippen LogP contribution is -2.07. The summed E-state index contributed by atoms with van der Waals surface area (Å²) in [6.07, 6.45) is 0.658. The minimum absolute atomic E-state index is 0.0589. The van der Waals surface area contributed by atoms with Crippen LogP contribution in [0.3, 0.4) is 0 Å². The van der Waals surface area contributed by atoms with Crippen molar-refractivity contribution in [3.05, 3.63) is 83.4 Å². The van der Waals surface area contributed by atoms with E-state index in [2.05, 4.69) is 11.2 Å². The number of thioether (sulfide) groups is 1. The van der Waals surface area contributed by atoms with Crippen molar-refractivity contribution >= 4 is 34.1 Å². The molecular formula is C24H22N6OS. The van der Waals surface area contributed by atoms with Crippen molar-refractivity contribution in [1.82, 2.24) is 29.4 Å². The zero-order chi connectivity index (χ0) is 22.1. The number of carbonyl (C=O) groups is 1.